The number of carbonyl (C=O) groups is 1. The Morgan fingerprint density at radius 3 is 3.00 bits per heavy atom. The van der Waals surface area contributed by atoms with Gasteiger partial charge in [-0.2, -0.15) is 0 Å². The van der Waals surface area contributed by atoms with Crippen LogP contribution in [0.2, 0.25) is 0 Å². The van der Waals surface area contributed by atoms with Gasteiger partial charge in [-0.1, -0.05) is 0 Å². The predicted octanol–water partition coefficient (Wildman–Crippen LogP) is 0.411. The second-order valence-electron chi connectivity index (χ2n) is 3.68. The van der Waals surface area contributed by atoms with Crippen LogP contribution in [-0.2, 0) is 9.53 Å². The zero-order valence-electron chi connectivity index (χ0n) is 8.63. The van der Waals surface area contributed by atoms with Crippen LogP contribution >= 0.6 is 0 Å². The van der Waals surface area contributed by atoms with Gasteiger partial charge in [-0.15, -0.1) is 0 Å². The summed E-state index contributed by atoms with van der Waals surface area (Å²) in [5.74, 6) is 0.0876. The van der Waals surface area contributed by atoms with Gasteiger partial charge in [0, 0.05) is 19.6 Å². The highest BCUT2D eigenvalue weighted by atomic mass is 16.5. The lowest BCUT2D eigenvalue weighted by Gasteiger charge is -2.22. The highest BCUT2D eigenvalue weighted by molar-refractivity contribution is 5.75. The second-order valence-corrected chi connectivity index (χ2v) is 3.68. The largest absolute Gasteiger partial charge is 0.376 e. The Labute approximate surface area is 85.2 Å². The van der Waals surface area contributed by atoms with E-state index in [4.69, 9.17) is 10.5 Å². The molecule has 1 amide bonds. The van der Waals surface area contributed by atoms with Crippen LogP contribution in [0.5, 0.6) is 0 Å². The van der Waals surface area contributed by atoms with Crippen LogP contribution in [0.3, 0.4) is 0 Å². The Balaban J connectivity index is 2.03. The molecule has 0 aromatic carbocycles. The molecule has 1 heterocycles. The van der Waals surface area contributed by atoms with Crippen LogP contribution in [-0.4, -0.2) is 31.7 Å². The Morgan fingerprint density at radius 2 is 2.36 bits per heavy atom. The monoisotopic (exact) mass is 200 g/mol. The summed E-state index contributed by atoms with van der Waals surface area (Å²) in [6, 6.07) is 0. The van der Waals surface area contributed by atoms with Crippen molar-refractivity contribution in [3.63, 3.8) is 0 Å². The van der Waals surface area contributed by atoms with E-state index in [-0.39, 0.29) is 12.0 Å². The molecule has 4 heteroatoms. The van der Waals surface area contributed by atoms with E-state index in [2.05, 4.69) is 5.32 Å². The van der Waals surface area contributed by atoms with Crippen LogP contribution in [0, 0.1) is 0 Å². The Hall–Kier alpha value is -0.610. The van der Waals surface area contributed by atoms with E-state index in [1.807, 2.05) is 0 Å². The van der Waals surface area contributed by atoms with E-state index >= 15 is 0 Å². The number of amides is 1. The molecule has 0 spiro atoms. The number of nitrogens with one attached hydrogen (secondary N) is 1. The molecule has 0 saturated carbocycles. The molecule has 0 aliphatic carbocycles. The van der Waals surface area contributed by atoms with Crippen molar-refractivity contribution in [1.29, 1.82) is 0 Å². The van der Waals surface area contributed by atoms with E-state index in [9.17, 15) is 4.79 Å². The third kappa shape index (κ3) is 4.58. The molecule has 1 aliphatic heterocycles. The molecule has 0 aromatic heterocycles. The molecule has 14 heavy (non-hydrogen) atoms. The summed E-state index contributed by atoms with van der Waals surface area (Å²) < 4.78 is 5.49. The zero-order chi connectivity index (χ0) is 10.2. The van der Waals surface area contributed by atoms with E-state index in [0.29, 0.717) is 19.5 Å². The average Bonchev–Trinajstić information content (AvgIpc) is 2.25. The summed E-state index contributed by atoms with van der Waals surface area (Å²) in [5.41, 5.74) is 5.31. The molecule has 82 valence electrons. The number of carbonyl (C=O) groups excluding carboxylic acids is 1. The smallest absolute Gasteiger partial charge is 0.220 e. The summed E-state index contributed by atoms with van der Waals surface area (Å²) in [6.45, 7) is 2.07. The fourth-order valence-corrected chi connectivity index (χ4v) is 1.55. The maximum absolute atomic E-state index is 11.2. The number of hydrogen-bond donors (Lipinski definition) is 2. The van der Waals surface area contributed by atoms with Crippen LogP contribution in [0.15, 0.2) is 0 Å². The van der Waals surface area contributed by atoms with Gasteiger partial charge in [0.15, 0.2) is 0 Å². The Morgan fingerprint density at radius 1 is 1.50 bits per heavy atom. The van der Waals surface area contributed by atoms with Crippen molar-refractivity contribution in [1.82, 2.24) is 5.32 Å². The van der Waals surface area contributed by atoms with Gasteiger partial charge in [-0.05, 0) is 32.2 Å². The van der Waals surface area contributed by atoms with Crippen molar-refractivity contribution in [2.24, 2.45) is 5.73 Å². The molecule has 0 radical (unpaired) electrons. The highest BCUT2D eigenvalue weighted by Gasteiger charge is 2.14. The minimum absolute atomic E-state index is 0.0876. The number of nitrogens with two attached hydrogens (primary N) is 1. The lowest BCUT2D eigenvalue weighted by atomic mass is 10.1. The summed E-state index contributed by atoms with van der Waals surface area (Å²) in [7, 11) is 0. The molecular weight excluding hydrogens is 180 g/mol. The third-order valence-corrected chi connectivity index (χ3v) is 2.41. The first-order valence-electron chi connectivity index (χ1n) is 5.41. The van der Waals surface area contributed by atoms with Gasteiger partial charge in [0.05, 0.1) is 6.10 Å². The number of ether oxygens (including phenoxy) is 1. The second kappa shape index (κ2) is 6.79. The number of rotatable bonds is 5. The summed E-state index contributed by atoms with van der Waals surface area (Å²) in [6.07, 6.45) is 4.95. The van der Waals surface area contributed by atoms with E-state index in [1.54, 1.807) is 0 Å². The standard InChI is InChI=1S/C10H20N2O2/c11-6-3-5-10(13)12-8-9-4-1-2-7-14-9/h9H,1-8,11H2,(H,12,13). The maximum Gasteiger partial charge on any atom is 0.220 e. The van der Waals surface area contributed by atoms with Gasteiger partial charge < -0.3 is 15.8 Å². The van der Waals surface area contributed by atoms with Crippen molar-refractivity contribution >= 4 is 5.91 Å². The van der Waals surface area contributed by atoms with Gasteiger partial charge in [-0.25, -0.2) is 0 Å². The molecule has 0 aromatic rings. The number of hydrogen-bond acceptors (Lipinski definition) is 3. The van der Waals surface area contributed by atoms with Crippen molar-refractivity contribution in [3.8, 4) is 0 Å². The molecule has 1 atom stereocenters. The fraction of sp³-hybridized carbons (Fsp3) is 0.900. The average molecular weight is 200 g/mol. The van der Waals surface area contributed by atoms with E-state index in [0.717, 1.165) is 25.9 Å². The minimum Gasteiger partial charge on any atom is -0.376 e. The van der Waals surface area contributed by atoms with Crippen LogP contribution < -0.4 is 11.1 Å². The molecule has 1 rings (SSSR count). The summed E-state index contributed by atoms with van der Waals surface area (Å²) in [5, 5.41) is 2.87. The van der Waals surface area contributed by atoms with Crippen molar-refractivity contribution in [2.75, 3.05) is 19.7 Å². The van der Waals surface area contributed by atoms with Crippen molar-refractivity contribution in [3.05, 3.63) is 0 Å². The van der Waals surface area contributed by atoms with E-state index < -0.39 is 0 Å². The first kappa shape index (κ1) is 11.5. The summed E-state index contributed by atoms with van der Waals surface area (Å²) in [4.78, 5) is 11.2. The zero-order valence-corrected chi connectivity index (χ0v) is 8.63. The molecular formula is C10H20N2O2. The van der Waals surface area contributed by atoms with Crippen LogP contribution in [0.4, 0.5) is 0 Å². The maximum atomic E-state index is 11.2. The predicted molar refractivity (Wildman–Crippen MR) is 54.9 cm³/mol. The van der Waals surface area contributed by atoms with Gasteiger partial charge in [0.1, 0.15) is 0 Å². The molecule has 1 fully saturated rings. The van der Waals surface area contributed by atoms with Crippen LogP contribution in [0.25, 0.3) is 0 Å². The topological polar surface area (TPSA) is 64.4 Å². The third-order valence-electron chi connectivity index (χ3n) is 2.41. The molecule has 0 bridgehead atoms. The highest BCUT2D eigenvalue weighted by Crippen LogP contribution is 2.11. The lowest BCUT2D eigenvalue weighted by molar-refractivity contribution is -0.122. The van der Waals surface area contributed by atoms with Crippen molar-refractivity contribution in [2.45, 2.75) is 38.2 Å². The SMILES string of the molecule is NCCCC(=O)NCC1CCCCO1. The summed E-state index contributed by atoms with van der Waals surface area (Å²) >= 11 is 0. The molecule has 1 aliphatic rings. The Kier molecular flexibility index (Phi) is 5.56. The minimum atomic E-state index is 0.0876. The quantitative estimate of drug-likeness (QED) is 0.675. The molecule has 4 nitrogen and oxygen atoms in total. The van der Waals surface area contributed by atoms with Gasteiger partial charge in [0.25, 0.3) is 0 Å². The molecule has 3 N–H and O–H groups in total. The Bertz CT molecular complexity index is 168. The first-order valence-corrected chi connectivity index (χ1v) is 5.41. The fourth-order valence-electron chi connectivity index (χ4n) is 1.55. The van der Waals surface area contributed by atoms with E-state index in [1.165, 1.54) is 6.42 Å². The normalized spacial score (nSPS) is 21.9. The molecule has 1 saturated heterocycles. The van der Waals surface area contributed by atoms with Gasteiger partial charge >= 0.3 is 0 Å². The lowest BCUT2D eigenvalue weighted by Crippen LogP contribution is -2.35. The van der Waals surface area contributed by atoms with Crippen LogP contribution in [0.1, 0.15) is 32.1 Å². The van der Waals surface area contributed by atoms with Gasteiger partial charge in [0.2, 0.25) is 5.91 Å². The first-order chi connectivity index (χ1) is 6.83. The molecule has 1 unspecified atom stereocenters. The van der Waals surface area contributed by atoms with Gasteiger partial charge in [-0.3, -0.25) is 4.79 Å². The van der Waals surface area contributed by atoms with Crippen molar-refractivity contribution < 1.29 is 9.53 Å².